The molecule has 4 heterocycles. The molecule has 1 fully saturated rings. The fourth-order valence-corrected chi connectivity index (χ4v) is 5.44. The van der Waals surface area contributed by atoms with E-state index in [1.165, 1.54) is 6.07 Å². The highest BCUT2D eigenvalue weighted by Crippen LogP contribution is 2.31. The number of fused-ring (bicyclic) bond motifs is 2. The highest BCUT2D eigenvalue weighted by Gasteiger charge is 2.40. The van der Waals surface area contributed by atoms with Crippen LogP contribution in [0.3, 0.4) is 0 Å². The zero-order valence-corrected chi connectivity index (χ0v) is 17.2. The van der Waals surface area contributed by atoms with Crippen LogP contribution >= 0.6 is 0 Å². The van der Waals surface area contributed by atoms with Gasteiger partial charge in [-0.3, -0.25) is 0 Å². The number of hydrogen-bond donors (Lipinski definition) is 0. The van der Waals surface area contributed by atoms with Gasteiger partial charge in [0.1, 0.15) is 23.6 Å². The van der Waals surface area contributed by atoms with E-state index < -0.39 is 22.0 Å². The molecule has 2 aliphatic rings. The van der Waals surface area contributed by atoms with Gasteiger partial charge in [0.05, 0.1) is 11.1 Å². The van der Waals surface area contributed by atoms with Gasteiger partial charge in [0, 0.05) is 30.1 Å². The molecule has 1 atom stereocenters. The minimum atomic E-state index is -3.77. The number of nitrogens with zero attached hydrogens (tertiary/aromatic N) is 4. The first kappa shape index (κ1) is 19.3. The lowest BCUT2D eigenvalue weighted by molar-refractivity contribution is -0.149. The Hall–Kier alpha value is -3.64. The number of ether oxygens (including phenoxy) is 1. The summed E-state index contributed by atoms with van der Waals surface area (Å²) in [6.45, 7) is 0.483. The Bertz CT molecular complexity index is 1380. The van der Waals surface area contributed by atoms with E-state index in [0.29, 0.717) is 35.5 Å². The number of nitriles is 1. The monoisotopic (exact) mass is 434 g/mol. The van der Waals surface area contributed by atoms with E-state index in [1.807, 2.05) is 28.8 Å². The van der Waals surface area contributed by atoms with Crippen LogP contribution in [0, 0.1) is 11.3 Å². The molecule has 3 aromatic rings. The van der Waals surface area contributed by atoms with E-state index in [0.717, 1.165) is 11.9 Å². The maximum Gasteiger partial charge on any atom is 0.329 e. The van der Waals surface area contributed by atoms with Crippen molar-refractivity contribution in [3.05, 3.63) is 71.5 Å². The minimum absolute atomic E-state index is 0.0326. The Labute approximate surface area is 179 Å². The highest BCUT2D eigenvalue weighted by atomic mass is 32.2. The highest BCUT2D eigenvalue weighted by molar-refractivity contribution is 7.90. The van der Waals surface area contributed by atoms with Crippen LogP contribution in [-0.2, 0) is 26.2 Å². The van der Waals surface area contributed by atoms with Gasteiger partial charge in [-0.15, -0.1) is 4.40 Å². The molecular formula is C22H18N4O4S. The molecule has 8 nitrogen and oxygen atoms in total. The van der Waals surface area contributed by atoms with E-state index in [2.05, 4.69) is 10.5 Å². The first-order chi connectivity index (χ1) is 15.0. The number of sulfonamides is 1. The second kappa shape index (κ2) is 7.25. The molecule has 156 valence electrons. The third kappa shape index (κ3) is 3.16. The van der Waals surface area contributed by atoms with Gasteiger partial charge in [0.15, 0.2) is 5.84 Å². The molecule has 0 amide bonds. The number of benzene rings is 1. The zero-order chi connectivity index (χ0) is 21.6. The number of esters is 1. The SMILES string of the molecule is N#Cc1c(COC(=O)C2CCCN2C2=NS(=O)(=O)c3ccccc32)cn2ccccc12. The molecule has 9 heteroatoms. The van der Waals surface area contributed by atoms with Crippen LogP contribution in [0.1, 0.15) is 29.5 Å². The molecule has 1 unspecified atom stereocenters. The summed E-state index contributed by atoms with van der Waals surface area (Å²) in [4.78, 5) is 14.8. The number of pyridine rings is 1. The molecule has 0 bridgehead atoms. The van der Waals surface area contributed by atoms with Crippen molar-refractivity contribution in [1.82, 2.24) is 9.30 Å². The lowest BCUT2D eigenvalue weighted by Gasteiger charge is -2.24. The second-order valence-corrected chi connectivity index (χ2v) is 9.05. The third-order valence-electron chi connectivity index (χ3n) is 5.65. The number of hydrogen-bond acceptors (Lipinski definition) is 6. The Balaban J connectivity index is 1.38. The van der Waals surface area contributed by atoms with Crippen molar-refractivity contribution in [2.75, 3.05) is 6.54 Å². The summed E-state index contributed by atoms with van der Waals surface area (Å²) in [5, 5.41) is 9.53. The molecule has 31 heavy (non-hydrogen) atoms. The Morgan fingerprint density at radius 1 is 1.23 bits per heavy atom. The number of likely N-dealkylation sites (tertiary alicyclic amines) is 1. The summed E-state index contributed by atoms with van der Waals surface area (Å²) in [7, 11) is -3.77. The lowest BCUT2D eigenvalue weighted by Crippen LogP contribution is -2.41. The van der Waals surface area contributed by atoms with Gasteiger partial charge in [-0.05, 0) is 37.1 Å². The number of aromatic nitrogens is 1. The van der Waals surface area contributed by atoms with Crippen molar-refractivity contribution in [3.8, 4) is 6.07 Å². The van der Waals surface area contributed by atoms with E-state index in [-0.39, 0.29) is 11.5 Å². The summed E-state index contributed by atoms with van der Waals surface area (Å²) in [6, 6.07) is 13.7. The first-order valence-corrected chi connectivity index (χ1v) is 11.3. The summed E-state index contributed by atoms with van der Waals surface area (Å²) in [6.07, 6.45) is 4.87. The smallest absolute Gasteiger partial charge is 0.329 e. The molecule has 0 aliphatic carbocycles. The van der Waals surface area contributed by atoms with Crippen molar-refractivity contribution >= 4 is 27.3 Å². The number of amidine groups is 1. The fraction of sp³-hybridized carbons (Fsp3) is 0.227. The lowest BCUT2D eigenvalue weighted by atomic mass is 10.1. The van der Waals surface area contributed by atoms with Crippen molar-refractivity contribution in [2.24, 2.45) is 4.40 Å². The molecule has 2 aliphatic heterocycles. The van der Waals surface area contributed by atoms with Crippen molar-refractivity contribution < 1.29 is 17.9 Å². The van der Waals surface area contributed by atoms with Gasteiger partial charge >= 0.3 is 5.97 Å². The maximum atomic E-state index is 12.9. The molecular weight excluding hydrogens is 416 g/mol. The van der Waals surface area contributed by atoms with Crippen LogP contribution in [0.2, 0.25) is 0 Å². The van der Waals surface area contributed by atoms with Crippen LogP contribution in [0.15, 0.2) is 64.2 Å². The average molecular weight is 434 g/mol. The molecule has 1 aromatic carbocycles. The number of carbonyl (C=O) groups is 1. The predicted octanol–water partition coefficient (Wildman–Crippen LogP) is 2.47. The molecule has 0 radical (unpaired) electrons. The topological polar surface area (TPSA) is 104 Å². The molecule has 0 N–H and O–H groups in total. The Morgan fingerprint density at radius 2 is 2.03 bits per heavy atom. The van der Waals surface area contributed by atoms with Crippen LogP contribution in [0.5, 0.6) is 0 Å². The van der Waals surface area contributed by atoms with Gasteiger partial charge in [0.25, 0.3) is 10.0 Å². The fourth-order valence-electron chi connectivity index (χ4n) is 4.22. The maximum absolute atomic E-state index is 12.9. The quantitative estimate of drug-likeness (QED) is 0.587. The minimum Gasteiger partial charge on any atom is -0.459 e. The standard InChI is InChI=1S/C22H18N4O4S/c23-12-17-15(13-25-10-4-3-7-18(17)25)14-30-22(27)19-8-5-11-26(19)21-16-6-1-2-9-20(16)31(28,29)24-21/h1-4,6-7,9-10,13,19H,5,8,11,14H2. The predicted molar refractivity (Wildman–Crippen MR) is 112 cm³/mol. The van der Waals surface area contributed by atoms with E-state index in [9.17, 15) is 18.5 Å². The zero-order valence-electron chi connectivity index (χ0n) is 16.4. The molecule has 2 aromatic heterocycles. The Kier molecular flexibility index (Phi) is 4.52. The van der Waals surface area contributed by atoms with Crippen molar-refractivity contribution in [1.29, 1.82) is 5.26 Å². The summed E-state index contributed by atoms with van der Waals surface area (Å²) in [5.41, 5.74) is 2.35. The molecule has 0 spiro atoms. The number of rotatable bonds is 3. The summed E-state index contributed by atoms with van der Waals surface area (Å²) in [5.74, 6) is -0.163. The Morgan fingerprint density at radius 3 is 2.87 bits per heavy atom. The van der Waals surface area contributed by atoms with Gasteiger partial charge in [0.2, 0.25) is 0 Å². The molecule has 1 saturated heterocycles. The van der Waals surface area contributed by atoms with Crippen LogP contribution in [0.25, 0.3) is 5.52 Å². The second-order valence-electron chi connectivity index (χ2n) is 7.48. The van der Waals surface area contributed by atoms with Crippen molar-refractivity contribution in [3.63, 3.8) is 0 Å². The van der Waals surface area contributed by atoms with Gasteiger partial charge < -0.3 is 14.0 Å². The van der Waals surface area contributed by atoms with Gasteiger partial charge in [-0.2, -0.15) is 13.7 Å². The summed E-state index contributed by atoms with van der Waals surface area (Å²) < 4.78 is 36.1. The van der Waals surface area contributed by atoms with E-state index in [1.54, 1.807) is 29.3 Å². The number of carbonyl (C=O) groups excluding carboxylic acids is 1. The summed E-state index contributed by atoms with van der Waals surface area (Å²) >= 11 is 0. The molecule has 0 saturated carbocycles. The van der Waals surface area contributed by atoms with Gasteiger partial charge in [-0.25, -0.2) is 4.79 Å². The average Bonchev–Trinajstić information content (AvgIpc) is 3.46. The third-order valence-corrected chi connectivity index (χ3v) is 6.98. The normalized spacial score (nSPS) is 19.1. The van der Waals surface area contributed by atoms with E-state index in [4.69, 9.17) is 4.74 Å². The van der Waals surface area contributed by atoms with Crippen molar-refractivity contribution in [2.45, 2.75) is 30.4 Å². The van der Waals surface area contributed by atoms with Crippen LogP contribution in [-0.4, -0.2) is 42.1 Å². The largest absolute Gasteiger partial charge is 0.459 e. The van der Waals surface area contributed by atoms with Gasteiger partial charge in [-0.1, -0.05) is 18.2 Å². The van der Waals surface area contributed by atoms with Crippen LogP contribution in [0.4, 0.5) is 0 Å². The first-order valence-electron chi connectivity index (χ1n) is 9.86. The van der Waals surface area contributed by atoms with E-state index >= 15 is 0 Å². The van der Waals surface area contributed by atoms with Crippen LogP contribution < -0.4 is 0 Å². The molecule has 5 rings (SSSR count).